The predicted molar refractivity (Wildman–Crippen MR) is 108 cm³/mol. The topological polar surface area (TPSA) is 39.7 Å². The standard InChI is InChI=1S/C23H27NO3/c1-5-14-25-22-21(26-16-17-10-8-7-9-11-17)19-15-18(24-6-2)12-13-20(19)27-23(22,3)4/h1,7-13,15,21-22,24H,6,14,16H2,2-4H3. The first-order valence-corrected chi connectivity index (χ1v) is 9.32. The van der Waals surface area contributed by atoms with Crippen molar-refractivity contribution in [1.82, 2.24) is 0 Å². The molecule has 142 valence electrons. The van der Waals surface area contributed by atoms with Crippen LogP contribution in [0, 0.1) is 12.3 Å². The summed E-state index contributed by atoms with van der Waals surface area (Å²) in [6.07, 6.45) is 4.84. The number of anilines is 1. The van der Waals surface area contributed by atoms with Crippen LogP contribution in [-0.2, 0) is 16.1 Å². The van der Waals surface area contributed by atoms with Gasteiger partial charge in [0.15, 0.2) is 0 Å². The molecule has 0 bridgehead atoms. The average Bonchev–Trinajstić information content (AvgIpc) is 2.66. The Morgan fingerprint density at radius 2 is 1.93 bits per heavy atom. The minimum atomic E-state index is -0.565. The molecular weight excluding hydrogens is 338 g/mol. The summed E-state index contributed by atoms with van der Waals surface area (Å²) in [6.45, 7) is 7.63. The van der Waals surface area contributed by atoms with E-state index in [1.807, 2.05) is 44.2 Å². The van der Waals surface area contributed by atoms with Crippen LogP contribution < -0.4 is 10.1 Å². The van der Waals surface area contributed by atoms with E-state index >= 15 is 0 Å². The molecule has 4 nitrogen and oxygen atoms in total. The molecule has 0 aliphatic carbocycles. The van der Waals surface area contributed by atoms with Gasteiger partial charge in [-0.15, -0.1) is 6.42 Å². The van der Waals surface area contributed by atoms with Gasteiger partial charge < -0.3 is 19.5 Å². The number of hydrogen-bond acceptors (Lipinski definition) is 4. The number of nitrogens with one attached hydrogen (secondary N) is 1. The highest BCUT2D eigenvalue weighted by molar-refractivity contribution is 5.53. The minimum Gasteiger partial charge on any atom is -0.485 e. The van der Waals surface area contributed by atoms with Gasteiger partial charge in [0.05, 0.1) is 6.61 Å². The van der Waals surface area contributed by atoms with Crippen molar-refractivity contribution in [2.45, 2.75) is 45.2 Å². The molecule has 0 fully saturated rings. The number of fused-ring (bicyclic) bond motifs is 1. The molecule has 4 heteroatoms. The first-order chi connectivity index (χ1) is 13.0. The highest BCUT2D eigenvalue weighted by Gasteiger charge is 2.45. The van der Waals surface area contributed by atoms with Crippen molar-refractivity contribution in [3.8, 4) is 18.1 Å². The van der Waals surface area contributed by atoms with Crippen molar-refractivity contribution in [2.75, 3.05) is 18.5 Å². The highest BCUT2D eigenvalue weighted by atomic mass is 16.6. The van der Waals surface area contributed by atoms with Crippen molar-refractivity contribution < 1.29 is 14.2 Å². The predicted octanol–water partition coefficient (Wildman–Crippen LogP) is 4.57. The zero-order valence-electron chi connectivity index (χ0n) is 16.2. The van der Waals surface area contributed by atoms with Gasteiger partial charge >= 0.3 is 0 Å². The van der Waals surface area contributed by atoms with E-state index in [1.54, 1.807) is 0 Å². The lowest BCUT2D eigenvalue weighted by atomic mass is 9.87. The zero-order valence-corrected chi connectivity index (χ0v) is 16.2. The van der Waals surface area contributed by atoms with E-state index in [1.165, 1.54) is 0 Å². The van der Waals surface area contributed by atoms with Gasteiger partial charge in [-0.05, 0) is 44.5 Å². The largest absolute Gasteiger partial charge is 0.485 e. The Bertz CT molecular complexity index is 795. The lowest BCUT2D eigenvalue weighted by Gasteiger charge is -2.44. The molecule has 1 aliphatic rings. The van der Waals surface area contributed by atoms with Crippen LogP contribution in [0.2, 0.25) is 0 Å². The number of hydrogen-bond donors (Lipinski definition) is 1. The lowest BCUT2D eigenvalue weighted by Crippen LogP contribution is -2.51. The maximum absolute atomic E-state index is 6.37. The van der Waals surface area contributed by atoms with Gasteiger partial charge in [-0.2, -0.15) is 0 Å². The second-order valence-electron chi connectivity index (χ2n) is 7.14. The molecule has 2 aromatic carbocycles. The number of terminal acetylenes is 1. The molecule has 0 radical (unpaired) electrons. The van der Waals surface area contributed by atoms with Gasteiger partial charge in [-0.25, -0.2) is 0 Å². The van der Waals surface area contributed by atoms with Crippen molar-refractivity contribution in [3.63, 3.8) is 0 Å². The lowest BCUT2D eigenvalue weighted by molar-refractivity contribution is -0.160. The summed E-state index contributed by atoms with van der Waals surface area (Å²) < 4.78 is 18.6. The molecule has 2 atom stereocenters. The molecule has 3 rings (SSSR count). The molecule has 0 aromatic heterocycles. The smallest absolute Gasteiger partial charge is 0.132 e. The Kier molecular flexibility index (Phi) is 6.05. The second kappa shape index (κ2) is 8.47. The van der Waals surface area contributed by atoms with Crippen molar-refractivity contribution in [2.24, 2.45) is 0 Å². The monoisotopic (exact) mass is 365 g/mol. The summed E-state index contributed by atoms with van der Waals surface area (Å²) in [5, 5.41) is 3.35. The first kappa shape index (κ1) is 19.3. The molecule has 0 saturated heterocycles. The van der Waals surface area contributed by atoms with E-state index in [4.69, 9.17) is 20.6 Å². The van der Waals surface area contributed by atoms with Crippen LogP contribution >= 0.6 is 0 Å². The number of ether oxygens (including phenoxy) is 3. The molecular formula is C23H27NO3. The fourth-order valence-corrected chi connectivity index (χ4v) is 3.41. The summed E-state index contributed by atoms with van der Waals surface area (Å²) in [5.41, 5.74) is 2.56. The van der Waals surface area contributed by atoms with Crippen LogP contribution in [0.4, 0.5) is 5.69 Å². The molecule has 1 heterocycles. The minimum absolute atomic E-state index is 0.213. The van der Waals surface area contributed by atoms with Gasteiger partial charge in [0.1, 0.15) is 30.2 Å². The third-order valence-electron chi connectivity index (χ3n) is 4.65. The number of benzene rings is 2. The molecule has 2 unspecified atom stereocenters. The van der Waals surface area contributed by atoms with Gasteiger partial charge in [0.25, 0.3) is 0 Å². The van der Waals surface area contributed by atoms with Crippen molar-refractivity contribution >= 4 is 5.69 Å². The molecule has 1 aliphatic heterocycles. The van der Waals surface area contributed by atoms with E-state index in [0.717, 1.165) is 29.1 Å². The van der Waals surface area contributed by atoms with Crippen LogP contribution in [-0.4, -0.2) is 24.9 Å². The fraction of sp³-hybridized carbons (Fsp3) is 0.391. The Morgan fingerprint density at radius 1 is 1.15 bits per heavy atom. The molecule has 2 aromatic rings. The summed E-state index contributed by atoms with van der Waals surface area (Å²) in [5.74, 6) is 3.38. The fourth-order valence-electron chi connectivity index (χ4n) is 3.41. The van der Waals surface area contributed by atoms with Crippen LogP contribution in [0.5, 0.6) is 5.75 Å². The Hall–Kier alpha value is -2.48. The maximum atomic E-state index is 6.37. The summed E-state index contributed by atoms with van der Waals surface area (Å²) in [6, 6.07) is 16.2. The summed E-state index contributed by atoms with van der Waals surface area (Å²) in [4.78, 5) is 0. The second-order valence-corrected chi connectivity index (χ2v) is 7.14. The molecule has 0 amide bonds. The van der Waals surface area contributed by atoms with Crippen LogP contribution in [0.1, 0.15) is 38.0 Å². The average molecular weight is 365 g/mol. The van der Waals surface area contributed by atoms with Crippen molar-refractivity contribution in [1.29, 1.82) is 0 Å². The summed E-state index contributed by atoms with van der Waals surface area (Å²) in [7, 11) is 0. The van der Waals surface area contributed by atoms with E-state index < -0.39 is 5.60 Å². The van der Waals surface area contributed by atoms with Gasteiger partial charge in [0, 0.05) is 17.8 Å². The van der Waals surface area contributed by atoms with Gasteiger partial charge in [-0.1, -0.05) is 36.3 Å². The zero-order chi connectivity index (χ0) is 19.3. The van der Waals surface area contributed by atoms with Crippen molar-refractivity contribution in [3.05, 3.63) is 59.7 Å². The SMILES string of the molecule is C#CCOC1C(OCc2ccccc2)c2cc(NCC)ccc2OC1(C)C. The van der Waals surface area contributed by atoms with Crippen LogP contribution in [0.3, 0.4) is 0 Å². The van der Waals surface area contributed by atoms with Crippen LogP contribution in [0.25, 0.3) is 0 Å². The van der Waals surface area contributed by atoms with E-state index in [0.29, 0.717) is 6.61 Å². The van der Waals surface area contributed by atoms with E-state index in [2.05, 4.69) is 36.4 Å². The van der Waals surface area contributed by atoms with Crippen LogP contribution in [0.15, 0.2) is 48.5 Å². The summed E-state index contributed by atoms with van der Waals surface area (Å²) >= 11 is 0. The molecule has 0 saturated carbocycles. The normalized spacial score (nSPS) is 20.2. The molecule has 27 heavy (non-hydrogen) atoms. The van der Waals surface area contributed by atoms with Gasteiger partial charge in [-0.3, -0.25) is 0 Å². The third-order valence-corrected chi connectivity index (χ3v) is 4.65. The quantitative estimate of drug-likeness (QED) is 0.730. The Morgan fingerprint density at radius 3 is 2.63 bits per heavy atom. The maximum Gasteiger partial charge on any atom is 0.132 e. The van der Waals surface area contributed by atoms with E-state index in [9.17, 15) is 0 Å². The Labute approximate surface area is 161 Å². The van der Waals surface area contributed by atoms with E-state index in [-0.39, 0.29) is 18.8 Å². The first-order valence-electron chi connectivity index (χ1n) is 9.32. The highest BCUT2D eigenvalue weighted by Crippen LogP contribution is 2.44. The number of rotatable bonds is 7. The van der Waals surface area contributed by atoms with Gasteiger partial charge in [0.2, 0.25) is 0 Å². The molecule has 0 spiro atoms. The third kappa shape index (κ3) is 4.44. The molecule has 1 N–H and O–H groups in total. The Balaban J connectivity index is 1.94.